The van der Waals surface area contributed by atoms with Gasteiger partial charge in [-0.1, -0.05) is 0 Å². The molecule has 0 bridgehead atoms. The minimum Gasteiger partial charge on any atom is 0 e. The first-order valence-corrected chi connectivity index (χ1v) is 0. The van der Waals surface area contributed by atoms with Crippen LogP contribution in [0.25, 0.3) is 0 Å². The molecular formula is CrIrMoRuSnW. The van der Waals surface area contributed by atoms with Crippen molar-refractivity contribution in [3.63, 3.8) is 0 Å². The fraction of sp³-hybridized carbons (Fsp3) is 0. The molecular weight excluding hydrogens is 744 g/mol. The molecule has 0 aliphatic rings. The van der Waals surface area contributed by atoms with Gasteiger partial charge in [0.15, 0.2) is 0 Å². The van der Waals surface area contributed by atoms with Crippen molar-refractivity contribution in [2.75, 3.05) is 0 Å². The molecule has 39 valence electrons. The molecule has 0 aliphatic carbocycles. The predicted molar refractivity (Wildman–Crippen MR) is 5.75 cm³/mol. The molecule has 0 nitrogen and oxygen atoms in total. The Labute approximate surface area is 120 Å². The summed E-state index contributed by atoms with van der Waals surface area (Å²) < 4.78 is 0. The predicted octanol–water partition coefficient (Wildman–Crippen LogP) is -0.393. The molecule has 6 heavy (non-hydrogen) atoms. The van der Waals surface area contributed by atoms with Crippen LogP contribution >= 0.6 is 0 Å². The number of hydrogen-bond acceptors (Lipinski definition) is 0. The van der Waals surface area contributed by atoms with Crippen LogP contribution in [-0.4, -0.2) is 23.9 Å². The van der Waals surface area contributed by atoms with Crippen LogP contribution in [-0.2, 0) is 99.1 Å². The summed E-state index contributed by atoms with van der Waals surface area (Å²) in [7, 11) is 0. The molecule has 0 amide bonds. The van der Waals surface area contributed by atoms with Gasteiger partial charge in [0.2, 0.25) is 0 Å². The van der Waals surface area contributed by atoms with E-state index in [1.807, 2.05) is 0 Å². The molecule has 0 heterocycles. The second-order valence-corrected chi connectivity index (χ2v) is 0. The molecule has 0 unspecified atom stereocenters. The van der Waals surface area contributed by atoms with Crippen molar-refractivity contribution in [1.82, 2.24) is 0 Å². The first kappa shape index (κ1) is 50.8. The van der Waals surface area contributed by atoms with Crippen molar-refractivity contribution in [1.29, 1.82) is 0 Å². The summed E-state index contributed by atoms with van der Waals surface area (Å²) in [6.45, 7) is 0. The van der Waals surface area contributed by atoms with Crippen molar-refractivity contribution in [3.8, 4) is 0 Å². The van der Waals surface area contributed by atoms with Crippen LogP contribution in [0.5, 0.6) is 0 Å². The van der Waals surface area contributed by atoms with E-state index in [1.165, 1.54) is 0 Å². The molecule has 0 aromatic rings. The van der Waals surface area contributed by atoms with Gasteiger partial charge < -0.3 is 0 Å². The van der Waals surface area contributed by atoms with E-state index in [9.17, 15) is 0 Å². The minimum atomic E-state index is 0. The quantitative estimate of drug-likeness (QED) is 0.297. The standard InChI is InChI=1S/Cr.Ir.Mo.Ru.Sn.W. The van der Waals surface area contributed by atoms with Crippen molar-refractivity contribution in [2.45, 2.75) is 0 Å². The third kappa shape index (κ3) is 24.5. The van der Waals surface area contributed by atoms with Crippen molar-refractivity contribution < 1.29 is 99.1 Å². The van der Waals surface area contributed by atoms with Crippen LogP contribution in [0.3, 0.4) is 0 Å². The second-order valence-electron chi connectivity index (χ2n) is 0. The molecule has 0 aliphatic heterocycles. The average molecular weight is 744 g/mol. The third-order valence-electron chi connectivity index (χ3n) is 0. The molecule has 0 N–H and O–H groups in total. The summed E-state index contributed by atoms with van der Waals surface area (Å²) in [4.78, 5) is 0. The Bertz CT molecular complexity index is 15.5. The van der Waals surface area contributed by atoms with Gasteiger partial charge >= 0.3 is 0 Å². The van der Waals surface area contributed by atoms with E-state index in [4.69, 9.17) is 0 Å². The van der Waals surface area contributed by atoms with Crippen LogP contribution in [0.1, 0.15) is 0 Å². The van der Waals surface area contributed by atoms with Gasteiger partial charge in [-0.2, -0.15) is 0 Å². The zero-order valence-corrected chi connectivity index (χ0v) is 15.6. The first-order chi connectivity index (χ1) is 0. The minimum absolute atomic E-state index is 0. The molecule has 0 aromatic carbocycles. The Balaban J connectivity index is 0. The van der Waals surface area contributed by atoms with E-state index in [0.29, 0.717) is 0 Å². The Morgan fingerprint density at radius 1 is 1.00 bits per heavy atom. The monoisotopic (exact) mass is 749 g/mol. The van der Waals surface area contributed by atoms with Crippen molar-refractivity contribution in [2.24, 2.45) is 0 Å². The van der Waals surface area contributed by atoms with Gasteiger partial charge in [-0.05, 0) is 0 Å². The fourth-order valence-electron chi connectivity index (χ4n) is 0. The smallest absolute Gasteiger partial charge is 0 e. The molecule has 5 radical (unpaired) electrons. The summed E-state index contributed by atoms with van der Waals surface area (Å²) in [6.07, 6.45) is 0. The number of hydrogen-bond donors (Lipinski definition) is 0. The van der Waals surface area contributed by atoms with Gasteiger partial charge in [0.1, 0.15) is 0 Å². The fourth-order valence-corrected chi connectivity index (χ4v) is 0. The van der Waals surface area contributed by atoms with Crippen LogP contribution in [0.15, 0.2) is 0 Å². The van der Waals surface area contributed by atoms with E-state index in [0.717, 1.165) is 0 Å². The van der Waals surface area contributed by atoms with E-state index >= 15 is 0 Å². The molecule has 0 rings (SSSR count). The summed E-state index contributed by atoms with van der Waals surface area (Å²) in [6, 6.07) is 0. The Morgan fingerprint density at radius 2 is 1.00 bits per heavy atom. The maximum atomic E-state index is 0. The van der Waals surface area contributed by atoms with Gasteiger partial charge in [0.25, 0.3) is 0 Å². The van der Waals surface area contributed by atoms with Crippen LogP contribution in [0, 0.1) is 0 Å². The molecule has 0 aromatic heterocycles. The maximum absolute atomic E-state index is 0. The molecule has 0 atom stereocenters. The molecule has 6 heteroatoms. The average Bonchev–Trinajstić information content (AvgIpc) is 0. The van der Waals surface area contributed by atoms with E-state index < -0.39 is 0 Å². The SMILES string of the molecule is [Cr].[Ir].[Mo].[Ru].[Sn].[W]. The summed E-state index contributed by atoms with van der Waals surface area (Å²) in [5.41, 5.74) is 0. The van der Waals surface area contributed by atoms with Gasteiger partial charge in [0.05, 0.1) is 0 Å². The van der Waals surface area contributed by atoms with E-state index in [2.05, 4.69) is 0 Å². The maximum Gasteiger partial charge on any atom is 0 e. The second kappa shape index (κ2) is 36.1. The first-order valence-electron chi connectivity index (χ1n) is 0. The van der Waals surface area contributed by atoms with E-state index in [-0.39, 0.29) is 123 Å². The van der Waals surface area contributed by atoms with E-state index in [1.54, 1.807) is 0 Å². The number of rotatable bonds is 0. The van der Waals surface area contributed by atoms with Crippen LogP contribution in [0.4, 0.5) is 0 Å². The normalized spacial score (nSPS) is 0. The molecule has 0 spiro atoms. The largest absolute Gasteiger partial charge is 0 e. The zero-order chi connectivity index (χ0) is 0. The molecule has 0 saturated heterocycles. The summed E-state index contributed by atoms with van der Waals surface area (Å²) >= 11 is 0. The summed E-state index contributed by atoms with van der Waals surface area (Å²) in [5.74, 6) is 0. The van der Waals surface area contributed by atoms with Crippen molar-refractivity contribution >= 4 is 23.9 Å². The van der Waals surface area contributed by atoms with Crippen LogP contribution in [0.2, 0.25) is 0 Å². The van der Waals surface area contributed by atoms with Gasteiger partial charge in [-0.15, -0.1) is 0 Å². The Kier molecular flexibility index (Phi) is 306. The van der Waals surface area contributed by atoms with Gasteiger partial charge in [-0.25, -0.2) is 0 Å². The third-order valence-corrected chi connectivity index (χ3v) is 0. The van der Waals surface area contributed by atoms with Crippen molar-refractivity contribution in [3.05, 3.63) is 0 Å². The Hall–Kier alpha value is 3.98. The van der Waals surface area contributed by atoms with Gasteiger partial charge in [0, 0.05) is 123 Å². The molecule has 0 saturated carbocycles. The zero-order valence-electron chi connectivity index (χ0n) is 2.41. The van der Waals surface area contributed by atoms with Crippen LogP contribution < -0.4 is 0 Å². The molecule has 0 fully saturated rings. The topological polar surface area (TPSA) is 0 Å². The summed E-state index contributed by atoms with van der Waals surface area (Å²) in [5, 5.41) is 0. The van der Waals surface area contributed by atoms with Gasteiger partial charge in [-0.3, -0.25) is 0 Å². The Morgan fingerprint density at radius 3 is 1.00 bits per heavy atom.